The second-order valence-electron chi connectivity index (χ2n) is 5.12. The molecule has 0 aromatic carbocycles. The number of nitrogens with two attached hydrogens (primary N) is 1. The summed E-state index contributed by atoms with van der Waals surface area (Å²) in [6.07, 6.45) is 5.70. The highest BCUT2D eigenvalue weighted by molar-refractivity contribution is 5.84. The maximum atomic E-state index is 11.2. The van der Waals surface area contributed by atoms with Gasteiger partial charge in [0.1, 0.15) is 0 Å². The van der Waals surface area contributed by atoms with E-state index in [2.05, 4.69) is 17.3 Å². The van der Waals surface area contributed by atoms with Crippen LogP contribution in [0.5, 0.6) is 0 Å². The van der Waals surface area contributed by atoms with Crippen LogP contribution >= 0.6 is 0 Å². The number of carbonyl (C=O) groups is 1. The average Bonchev–Trinajstić information content (AvgIpc) is 3.07. The molecule has 0 radical (unpaired) electrons. The van der Waals surface area contributed by atoms with E-state index in [1.165, 1.54) is 12.8 Å². The maximum absolute atomic E-state index is 11.2. The summed E-state index contributed by atoms with van der Waals surface area (Å²) in [5.41, 5.74) is 4.83. The summed E-state index contributed by atoms with van der Waals surface area (Å²) in [4.78, 5) is 13.7. The normalized spacial score (nSPS) is 19.8. The lowest BCUT2D eigenvalue weighted by molar-refractivity contribution is -0.123. The van der Waals surface area contributed by atoms with Crippen LogP contribution in [0, 0.1) is 0 Å². The lowest BCUT2D eigenvalue weighted by Crippen LogP contribution is -2.51. The van der Waals surface area contributed by atoms with Crippen molar-refractivity contribution < 1.29 is 4.79 Å². The molecule has 1 unspecified atom stereocenters. The Morgan fingerprint density at radius 3 is 2.56 bits per heavy atom. The average molecular weight is 227 g/mol. The Morgan fingerprint density at radius 2 is 2.12 bits per heavy atom. The molecule has 4 heteroatoms. The molecule has 0 aromatic rings. The van der Waals surface area contributed by atoms with Crippen molar-refractivity contribution in [3.8, 4) is 0 Å². The first kappa shape index (κ1) is 13.5. The molecule has 1 amide bonds. The number of amides is 1. The molecular weight excluding hydrogens is 202 g/mol. The summed E-state index contributed by atoms with van der Waals surface area (Å²) in [6, 6.07) is 0.826. The van der Waals surface area contributed by atoms with Crippen molar-refractivity contribution in [2.45, 2.75) is 50.6 Å². The van der Waals surface area contributed by atoms with Gasteiger partial charge in [0.2, 0.25) is 5.91 Å². The predicted octanol–water partition coefficient (Wildman–Crippen LogP) is 0.714. The number of likely N-dealkylation sites (N-methyl/N-ethyl adjacent to an activating group) is 1. The number of unbranched alkanes of at least 4 members (excludes halogenated alkanes) is 1. The summed E-state index contributed by atoms with van der Waals surface area (Å²) >= 11 is 0. The van der Waals surface area contributed by atoms with Crippen LogP contribution in [0.1, 0.15) is 39.0 Å². The monoisotopic (exact) mass is 227 g/mol. The molecule has 1 rings (SSSR count). The van der Waals surface area contributed by atoms with E-state index in [4.69, 9.17) is 5.73 Å². The van der Waals surface area contributed by atoms with E-state index < -0.39 is 5.54 Å². The Morgan fingerprint density at radius 1 is 1.50 bits per heavy atom. The predicted molar refractivity (Wildman–Crippen MR) is 66.2 cm³/mol. The third-order valence-corrected chi connectivity index (χ3v) is 3.70. The van der Waals surface area contributed by atoms with Crippen LogP contribution in [-0.4, -0.2) is 43.0 Å². The molecule has 16 heavy (non-hydrogen) atoms. The molecule has 0 aliphatic heterocycles. The second-order valence-corrected chi connectivity index (χ2v) is 5.12. The number of nitrogens with one attached hydrogen (secondary N) is 1. The topological polar surface area (TPSA) is 58.4 Å². The summed E-state index contributed by atoms with van der Waals surface area (Å²) in [7, 11) is 3.98. The van der Waals surface area contributed by atoms with Crippen molar-refractivity contribution in [2.75, 3.05) is 20.6 Å². The largest absolute Gasteiger partial charge is 0.368 e. The Kier molecular flexibility index (Phi) is 4.74. The zero-order chi connectivity index (χ0) is 12.2. The second kappa shape index (κ2) is 5.64. The number of rotatable bonds is 8. The van der Waals surface area contributed by atoms with E-state index in [0.29, 0.717) is 0 Å². The molecule has 94 valence electrons. The fourth-order valence-electron chi connectivity index (χ4n) is 1.91. The molecule has 0 bridgehead atoms. The van der Waals surface area contributed by atoms with E-state index in [9.17, 15) is 4.79 Å². The lowest BCUT2D eigenvalue weighted by Gasteiger charge is -2.25. The first-order valence-electron chi connectivity index (χ1n) is 6.18. The van der Waals surface area contributed by atoms with Gasteiger partial charge in [-0.25, -0.2) is 0 Å². The molecule has 0 saturated heterocycles. The van der Waals surface area contributed by atoms with Gasteiger partial charge in [0.15, 0.2) is 0 Å². The van der Waals surface area contributed by atoms with Gasteiger partial charge in [0, 0.05) is 6.04 Å². The molecule has 1 aliphatic rings. The van der Waals surface area contributed by atoms with Crippen molar-refractivity contribution in [3.05, 3.63) is 0 Å². The van der Waals surface area contributed by atoms with Gasteiger partial charge in [0.05, 0.1) is 5.54 Å². The molecular formula is C12H25N3O. The highest BCUT2D eigenvalue weighted by atomic mass is 16.1. The number of primary amides is 1. The van der Waals surface area contributed by atoms with Gasteiger partial charge < -0.3 is 16.0 Å². The van der Waals surface area contributed by atoms with Gasteiger partial charge in [0.25, 0.3) is 0 Å². The van der Waals surface area contributed by atoms with E-state index in [-0.39, 0.29) is 5.91 Å². The van der Waals surface area contributed by atoms with E-state index in [0.717, 1.165) is 31.8 Å². The van der Waals surface area contributed by atoms with Gasteiger partial charge in [-0.05, 0) is 59.7 Å². The standard InChI is InChI=1S/C12H25N3O/c1-12(14-2,11(13)16)8-4-5-9-15(3)10-6-7-10/h10,14H,4-9H2,1-3H3,(H2,13,16). The molecule has 1 saturated carbocycles. The van der Waals surface area contributed by atoms with E-state index >= 15 is 0 Å². The third-order valence-electron chi connectivity index (χ3n) is 3.70. The zero-order valence-corrected chi connectivity index (χ0v) is 10.8. The van der Waals surface area contributed by atoms with Crippen LogP contribution in [0.4, 0.5) is 0 Å². The molecule has 0 spiro atoms. The SMILES string of the molecule is CNC(C)(CCCCN(C)C1CC1)C(N)=O. The van der Waals surface area contributed by atoms with Gasteiger partial charge in [-0.3, -0.25) is 4.79 Å². The maximum Gasteiger partial charge on any atom is 0.237 e. The van der Waals surface area contributed by atoms with Crippen molar-refractivity contribution >= 4 is 5.91 Å². The molecule has 0 aromatic heterocycles. The van der Waals surface area contributed by atoms with Gasteiger partial charge in [-0.1, -0.05) is 0 Å². The minimum atomic E-state index is -0.543. The number of hydrogen-bond donors (Lipinski definition) is 2. The van der Waals surface area contributed by atoms with Crippen molar-refractivity contribution in [1.82, 2.24) is 10.2 Å². The van der Waals surface area contributed by atoms with Gasteiger partial charge in [-0.15, -0.1) is 0 Å². The highest BCUT2D eigenvalue weighted by Crippen LogP contribution is 2.25. The molecule has 1 atom stereocenters. The third kappa shape index (κ3) is 3.76. The number of carbonyl (C=O) groups excluding carboxylic acids is 1. The Balaban J connectivity index is 2.15. The number of nitrogens with zero attached hydrogens (tertiary/aromatic N) is 1. The minimum absolute atomic E-state index is 0.259. The summed E-state index contributed by atoms with van der Waals surface area (Å²) in [5.74, 6) is -0.259. The molecule has 4 nitrogen and oxygen atoms in total. The first-order valence-corrected chi connectivity index (χ1v) is 6.18. The van der Waals surface area contributed by atoms with Gasteiger partial charge >= 0.3 is 0 Å². The molecule has 1 aliphatic carbocycles. The van der Waals surface area contributed by atoms with Gasteiger partial charge in [-0.2, -0.15) is 0 Å². The van der Waals surface area contributed by atoms with Crippen LogP contribution < -0.4 is 11.1 Å². The van der Waals surface area contributed by atoms with Crippen LogP contribution in [-0.2, 0) is 4.79 Å². The van der Waals surface area contributed by atoms with Crippen LogP contribution in [0.25, 0.3) is 0 Å². The van der Waals surface area contributed by atoms with Crippen LogP contribution in [0.2, 0.25) is 0 Å². The molecule has 0 heterocycles. The first-order chi connectivity index (χ1) is 7.49. The van der Waals surface area contributed by atoms with E-state index in [1.54, 1.807) is 7.05 Å². The van der Waals surface area contributed by atoms with Crippen molar-refractivity contribution in [1.29, 1.82) is 0 Å². The lowest BCUT2D eigenvalue weighted by atomic mass is 9.94. The quantitative estimate of drug-likeness (QED) is 0.601. The minimum Gasteiger partial charge on any atom is -0.368 e. The van der Waals surface area contributed by atoms with E-state index in [1.807, 2.05) is 6.92 Å². The Labute approximate surface area is 98.6 Å². The fourth-order valence-corrected chi connectivity index (χ4v) is 1.91. The summed E-state index contributed by atoms with van der Waals surface area (Å²) in [6.45, 7) is 3.00. The van der Waals surface area contributed by atoms with Crippen molar-refractivity contribution in [2.24, 2.45) is 5.73 Å². The Hall–Kier alpha value is -0.610. The smallest absolute Gasteiger partial charge is 0.237 e. The Bertz CT molecular complexity index is 240. The van der Waals surface area contributed by atoms with Crippen LogP contribution in [0.15, 0.2) is 0 Å². The molecule has 3 N–H and O–H groups in total. The van der Waals surface area contributed by atoms with Crippen LogP contribution in [0.3, 0.4) is 0 Å². The highest BCUT2D eigenvalue weighted by Gasteiger charge is 2.29. The zero-order valence-electron chi connectivity index (χ0n) is 10.8. The number of hydrogen-bond acceptors (Lipinski definition) is 3. The molecule has 1 fully saturated rings. The van der Waals surface area contributed by atoms with Crippen molar-refractivity contribution in [3.63, 3.8) is 0 Å². The fraction of sp³-hybridized carbons (Fsp3) is 0.917. The summed E-state index contributed by atoms with van der Waals surface area (Å²) in [5, 5.41) is 3.01. The summed E-state index contributed by atoms with van der Waals surface area (Å²) < 4.78 is 0.